The monoisotopic (exact) mass is 447 g/mol. The van der Waals surface area contributed by atoms with Crippen LogP contribution in [0.25, 0.3) is 11.1 Å². The first-order chi connectivity index (χ1) is 15.6. The van der Waals surface area contributed by atoms with Gasteiger partial charge in [-0.15, -0.1) is 0 Å². The lowest BCUT2D eigenvalue weighted by atomic mass is 9.89. The number of aromatic amines is 1. The molecule has 0 amide bonds. The van der Waals surface area contributed by atoms with Crippen molar-refractivity contribution in [1.29, 1.82) is 0 Å². The van der Waals surface area contributed by atoms with Crippen LogP contribution in [0.4, 0.5) is 5.13 Å². The molecular weight excluding hydrogens is 420 g/mol. The van der Waals surface area contributed by atoms with Gasteiger partial charge in [0.2, 0.25) is 0 Å². The Hall–Kier alpha value is -3.51. The van der Waals surface area contributed by atoms with Crippen LogP contribution in [-0.2, 0) is 6.42 Å². The van der Waals surface area contributed by atoms with Gasteiger partial charge in [-0.3, -0.25) is 5.73 Å². The third-order valence-electron chi connectivity index (χ3n) is 5.58. The maximum atomic E-state index is 5.99. The number of nitrogens with one attached hydrogen (secondary N) is 1. The van der Waals surface area contributed by atoms with Gasteiger partial charge in [0.1, 0.15) is 11.4 Å². The molecule has 0 radical (unpaired) electrons. The molecule has 5 nitrogen and oxygen atoms in total. The van der Waals surface area contributed by atoms with Crippen LogP contribution in [0.3, 0.4) is 0 Å². The largest absolute Gasteiger partial charge is 0.497 e. The molecule has 1 atom stereocenters. The number of nitrogen functional groups attached to an aromatic ring is 1. The van der Waals surface area contributed by atoms with E-state index in [9.17, 15) is 0 Å². The zero-order valence-electron chi connectivity index (χ0n) is 18.4. The molecule has 3 aromatic carbocycles. The summed E-state index contributed by atoms with van der Waals surface area (Å²) in [5.74, 6) is 2.46. The van der Waals surface area contributed by atoms with Crippen molar-refractivity contribution in [3.8, 4) is 28.4 Å². The van der Waals surface area contributed by atoms with Gasteiger partial charge in [-0.25, -0.2) is 4.98 Å². The van der Waals surface area contributed by atoms with Crippen LogP contribution in [0, 0.1) is 0 Å². The highest BCUT2D eigenvalue weighted by Crippen LogP contribution is 2.33. The van der Waals surface area contributed by atoms with E-state index in [0.29, 0.717) is 5.13 Å². The van der Waals surface area contributed by atoms with E-state index in [0.717, 1.165) is 40.5 Å². The van der Waals surface area contributed by atoms with E-state index < -0.39 is 0 Å². The average molecular weight is 448 g/mol. The fourth-order valence-electron chi connectivity index (χ4n) is 3.83. The molecule has 0 aliphatic carbocycles. The van der Waals surface area contributed by atoms with Crippen molar-refractivity contribution in [1.82, 2.24) is 0 Å². The summed E-state index contributed by atoms with van der Waals surface area (Å²) in [5, 5.41) is 2.81. The molecule has 1 aromatic heterocycles. The second kappa shape index (κ2) is 9.75. The van der Waals surface area contributed by atoms with Gasteiger partial charge in [0.25, 0.3) is 0 Å². The van der Waals surface area contributed by atoms with E-state index in [-0.39, 0.29) is 5.92 Å². The van der Waals surface area contributed by atoms with Crippen LogP contribution in [0.2, 0.25) is 0 Å². The average Bonchev–Trinajstić information content (AvgIpc) is 3.28. The number of hydrogen-bond acceptors (Lipinski definition) is 5. The molecule has 4 aromatic rings. The van der Waals surface area contributed by atoms with Crippen molar-refractivity contribution >= 4 is 16.5 Å². The molecule has 0 unspecified atom stereocenters. The quantitative estimate of drug-likeness (QED) is 0.403. The molecule has 0 aliphatic heterocycles. The number of anilines is 1. The Bertz CT molecular complexity index is 1170. The van der Waals surface area contributed by atoms with Gasteiger partial charge < -0.3 is 14.2 Å². The van der Waals surface area contributed by atoms with Gasteiger partial charge in [-0.1, -0.05) is 53.8 Å². The molecule has 1 heterocycles. The van der Waals surface area contributed by atoms with Crippen LogP contribution < -0.4 is 24.9 Å². The number of hydrogen-bond donors (Lipinski definition) is 1. The number of ether oxygens (including phenoxy) is 3. The fraction of sp³-hybridized carbons (Fsp3) is 0.192. The number of benzene rings is 3. The molecule has 6 heteroatoms. The van der Waals surface area contributed by atoms with E-state index in [1.807, 2.05) is 30.3 Å². The second-order valence-electron chi connectivity index (χ2n) is 7.48. The first-order valence-electron chi connectivity index (χ1n) is 10.3. The number of aromatic nitrogens is 1. The van der Waals surface area contributed by atoms with Gasteiger partial charge in [-0.05, 0) is 52.9 Å². The summed E-state index contributed by atoms with van der Waals surface area (Å²) in [5.41, 5.74) is 11.8. The third kappa shape index (κ3) is 4.70. The Kier molecular flexibility index (Phi) is 6.61. The predicted molar refractivity (Wildman–Crippen MR) is 129 cm³/mol. The molecule has 3 N–H and O–H groups in total. The molecule has 0 spiro atoms. The predicted octanol–water partition coefficient (Wildman–Crippen LogP) is 5.21. The first kappa shape index (κ1) is 21.7. The second-order valence-corrected chi connectivity index (χ2v) is 8.39. The zero-order valence-corrected chi connectivity index (χ0v) is 19.2. The van der Waals surface area contributed by atoms with Crippen LogP contribution in [-0.4, -0.2) is 21.3 Å². The van der Waals surface area contributed by atoms with Crippen molar-refractivity contribution in [2.45, 2.75) is 12.3 Å². The molecule has 0 fully saturated rings. The van der Waals surface area contributed by atoms with Gasteiger partial charge in [0.15, 0.2) is 11.5 Å². The van der Waals surface area contributed by atoms with E-state index >= 15 is 0 Å². The summed E-state index contributed by atoms with van der Waals surface area (Å²) >= 11 is 1.53. The van der Waals surface area contributed by atoms with Gasteiger partial charge in [0, 0.05) is 5.38 Å². The lowest BCUT2D eigenvalue weighted by molar-refractivity contribution is -0.368. The lowest BCUT2D eigenvalue weighted by Gasteiger charge is -2.15. The van der Waals surface area contributed by atoms with Crippen LogP contribution >= 0.6 is 11.3 Å². The highest BCUT2D eigenvalue weighted by atomic mass is 32.1. The summed E-state index contributed by atoms with van der Waals surface area (Å²) in [6.45, 7) is 0. The minimum Gasteiger partial charge on any atom is -0.497 e. The third-order valence-corrected chi connectivity index (χ3v) is 6.31. The smallest absolute Gasteiger partial charge is 0.329 e. The zero-order chi connectivity index (χ0) is 22.5. The molecule has 0 saturated carbocycles. The Morgan fingerprint density at radius 1 is 0.812 bits per heavy atom. The Morgan fingerprint density at radius 2 is 1.50 bits per heavy atom. The molecule has 32 heavy (non-hydrogen) atoms. The number of nitrogens with two attached hydrogens (primary N) is 1. The van der Waals surface area contributed by atoms with E-state index in [1.165, 1.54) is 22.5 Å². The summed E-state index contributed by atoms with van der Waals surface area (Å²) in [7, 11) is 4.97. The summed E-state index contributed by atoms with van der Waals surface area (Å²) < 4.78 is 16.1. The van der Waals surface area contributed by atoms with Crippen LogP contribution in [0.1, 0.15) is 22.7 Å². The summed E-state index contributed by atoms with van der Waals surface area (Å²) in [6.07, 6.45) is 0.852. The Morgan fingerprint density at radius 3 is 2.09 bits per heavy atom. The highest BCUT2D eigenvalue weighted by molar-refractivity contribution is 7.13. The maximum Gasteiger partial charge on any atom is 0.329 e. The van der Waals surface area contributed by atoms with E-state index in [4.69, 9.17) is 19.9 Å². The van der Waals surface area contributed by atoms with Gasteiger partial charge in [-0.2, -0.15) is 0 Å². The van der Waals surface area contributed by atoms with E-state index in [2.05, 4.69) is 46.8 Å². The Labute approximate surface area is 192 Å². The molecule has 4 rings (SSSR count). The maximum absolute atomic E-state index is 5.99. The number of methoxy groups -OCH3 is 3. The SMILES string of the molecule is COc1ccc([C@H](Cc2ccc(-c3ccc(OC)c(OC)c3)cc2)c2csc(N)[nH+]2)cc1. The van der Waals surface area contributed by atoms with Gasteiger partial charge in [0.05, 0.1) is 27.2 Å². The van der Waals surface area contributed by atoms with Gasteiger partial charge >= 0.3 is 5.13 Å². The van der Waals surface area contributed by atoms with Crippen molar-refractivity contribution in [3.05, 3.63) is 88.9 Å². The minimum absolute atomic E-state index is 0.168. The fourth-order valence-corrected chi connectivity index (χ4v) is 4.48. The molecule has 164 valence electrons. The van der Waals surface area contributed by atoms with Crippen molar-refractivity contribution in [2.75, 3.05) is 27.1 Å². The molecular formula is C26H27N2O3S+. The normalized spacial score (nSPS) is 11.7. The van der Waals surface area contributed by atoms with Crippen molar-refractivity contribution in [2.24, 2.45) is 0 Å². The topological polar surface area (TPSA) is 67.8 Å². The van der Waals surface area contributed by atoms with Crippen LogP contribution in [0.15, 0.2) is 72.1 Å². The summed E-state index contributed by atoms with van der Waals surface area (Å²) in [6, 6.07) is 22.8. The molecule has 0 bridgehead atoms. The molecule has 0 saturated heterocycles. The minimum atomic E-state index is 0.168. The number of thiazole rings is 1. The van der Waals surface area contributed by atoms with Crippen molar-refractivity contribution < 1.29 is 19.2 Å². The number of rotatable bonds is 8. The number of H-pyrrole nitrogens is 1. The van der Waals surface area contributed by atoms with Crippen LogP contribution in [0.5, 0.6) is 17.2 Å². The standard InChI is InChI=1S/C26H26N2O3S/c1-29-21-11-8-19(9-12-21)22(23-16-32-26(27)28-23)14-17-4-6-18(7-5-17)20-10-13-24(30-2)25(15-20)31-3/h4-13,15-16,22H,14H2,1-3H3,(H2,27,28)/p+1/t22-/m0/s1. The van der Waals surface area contributed by atoms with Crippen molar-refractivity contribution in [3.63, 3.8) is 0 Å². The lowest BCUT2D eigenvalue weighted by Crippen LogP contribution is -2.17. The summed E-state index contributed by atoms with van der Waals surface area (Å²) in [4.78, 5) is 3.32. The van der Waals surface area contributed by atoms with E-state index in [1.54, 1.807) is 21.3 Å². The first-order valence-corrected chi connectivity index (χ1v) is 11.2. The highest BCUT2D eigenvalue weighted by Gasteiger charge is 2.20. The Balaban J connectivity index is 1.60. The molecule has 0 aliphatic rings.